The van der Waals surface area contributed by atoms with Crippen molar-refractivity contribution in [3.05, 3.63) is 154 Å². The Labute approximate surface area is 272 Å². The van der Waals surface area contributed by atoms with Crippen molar-refractivity contribution in [1.29, 1.82) is 0 Å². The molecule has 6 rings (SSSR count). The van der Waals surface area contributed by atoms with E-state index in [4.69, 9.17) is 15.7 Å². The summed E-state index contributed by atoms with van der Waals surface area (Å²) in [6, 6.07) is 23.5. The minimum Gasteiger partial charge on any atom is -0.398 e. The lowest BCUT2D eigenvalue weighted by atomic mass is 9.90. The quantitative estimate of drug-likeness (QED) is 0.152. The summed E-state index contributed by atoms with van der Waals surface area (Å²) >= 11 is 0. The highest BCUT2D eigenvalue weighted by Crippen LogP contribution is 2.29. The van der Waals surface area contributed by atoms with Crippen molar-refractivity contribution in [2.24, 2.45) is 5.73 Å². The van der Waals surface area contributed by atoms with E-state index in [1.54, 1.807) is 0 Å². The lowest BCUT2D eigenvalue weighted by Gasteiger charge is -2.16. The zero-order valence-corrected chi connectivity index (χ0v) is 26.7. The molecule has 0 radical (unpaired) electrons. The smallest absolute Gasteiger partial charge is 0.161 e. The fraction of sp³-hybridized carbons (Fsp3) is 0.171. The molecule has 5 nitrogen and oxygen atoms in total. The van der Waals surface area contributed by atoms with E-state index >= 15 is 0 Å². The highest BCUT2D eigenvalue weighted by atomic mass is 15.0. The van der Waals surface area contributed by atoms with E-state index in [-0.39, 0.29) is 0 Å². The first kappa shape index (κ1) is 32.1. The van der Waals surface area contributed by atoms with E-state index < -0.39 is 0 Å². The molecule has 1 unspecified atom stereocenters. The number of nitrogens with one attached hydrogen (secondary N) is 1. The second kappa shape index (κ2) is 16.2. The van der Waals surface area contributed by atoms with Gasteiger partial charge in [0.05, 0.1) is 5.69 Å². The summed E-state index contributed by atoms with van der Waals surface area (Å²) < 4.78 is 0. The summed E-state index contributed by atoms with van der Waals surface area (Å²) in [6.45, 7) is 2.01. The van der Waals surface area contributed by atoms with Gasteiger partial charge < -0.3 is 16.8 Å². The van der Waals surface area contributed by atoms with Gasteiger partial charge >= 0.3 is 0 Å². The molecule has 5 heteroatoms. The van der Waals surface area contributed by atoms with Crippen LogP contribution in [0.1, 0.15) is 53.6 Å². The van der Waals surface area contributed by atoms with Crippen molar-refractivity contribution in [2.45, 2.75) is 38.5 Å². The van der Waals surface area contributed by atoms with Gasteiger partial charge in [-0.15, -0.1) is 0 Å². The maximum absolute atomic E-state index is 6.44. The summed E-state index contributed by atoms with van der Waals surface area (Å²) in [5.74, 6) is 1.88. The van der Waals surface area contributed by atoms with E-state index in [0.717, 1.165) is 58.7 Å². The molecule has 232 valence electrons. The number of para-hydroxylation sites is 1. The summed E-state index contributed by atoms with van der Waals surface area (Å²) in [4.78, 5) is 10.1. The van der Waals surface area contributed by atoms with Crippen molar-refractivity contribution in [2.75, 3.05) is 18.1 Å². The maximum Gasteiger partial charge on any atom is 0.161 e. The molecule has 0 saturated carbocycles. The van der Waals surface area contributed by atoms with Crippen molar-refractivity contribution < 1.29 is 0 Å². The molecule has 2 aliphatic rings. The zero-order valence-electron chi connectivity index (χ0n) is 26.7. The lowest BCUT2D eigenvalue weighted by Crippen LogP contribution is -2.27. The number of nitrogens with zero attached hydrogens (tertiary/aromatic N) is 2. The van der Waals surface area contributed by atoms with Gasteiger partial charge in [0.15, 0.2) is 5.82 Å². The third kappa shape index (κ3) is 7.87. The molecule has 46 heavy (non-hydrogen) atoms. The third-order valence-electron chi connectivity index (χ3n) is 8.10. The van der Waals surface area contributed by atoms with Crippen LogP contribution in [-0.2, 0) is 12.8 Å². The van der Waals surface area contributed by atoms with Gasteiger partial charge in [-0.2, -0.15) is 0 Å². The molecule has 4 aromatic rings. The largest absolute Gasteiger partial charge is 0.398 e. The SMILES string of the molecule is C/C=C\c1cccc(C/C=C\Cc2nc(-c3ccc(C4C=c5ccccc5=CC4)cc3)nc3c2/C=C\C/C=C\C=C/N3)c1N.CN. The molecule has 0 bridgehead atoms. The Bertz CT molecular complexity index is 1910. The predicted molar refractivity (Wildman–Crippen MR) is 197 cm³/mol. The van der Waals surface area contributed by atoms with Crippen molar-refractivity contribution in [3.8, 4) is 11.4 Å². The Morgan fingerprint density at radius 2 is 1.67 bits per heavy atom. The van der Waals surface area contributed by atoms with E-state index in [2.05, 4.69) is 114 Å². The van der Waals surface area contributed by atoms with Crippen LogP contribution in [0.3, 0.4) is 0 Å². The second-order valence-corrected chi connectivity index (χ2v) is 11.1. The van der Waals surface area contributed by atoms with Crippen LogP contribution >= 0.6 is 0 Å². The first-order valence-corrected chi connectivity index (χ1v) is 16.0. The minimum atomic E-state index is 0.363. The molecule has 3 aromatic carbocycles. The molecule has 0 fully saturated rings. The molecule has 1 atom stereocenters. The molecule has 2 heterocycles. The number of hydrogen-bond donors (Lipinski definition) is 3. The third-order valence-corrected chi connectivity index (χ3v) is 8.10. The number of nitrogen functional groups attached to an aromatic ring is 1. The first-order chi connectivity index (χ1) is 22.7. The number of allylic oxidation sites excluding steroid dienone is 7. The minimum absolute atomic E-state index is 0.363. The monoisotopic (exact) mass is 605 g/mol. The van der Waals surface area contributed by atoms with Crippen LogP contribution in [0.5, 0.6) is 0 Å². The standard InChI is InChI=1S/C40H38N4.CH5N/c1-2-13-31-17-12-18-32(38(31)41)15-9-10-20-37-36-19-6-4-3-5-11-27-42-40(36)44-39(43-37)33-24-21-30(22-25-33)35-26-23-29-14-7-8-16-34(29)28-35;1-2/h2-3,5-14,16-19,21-25,27-28,35H,4,15,20,26,41H2,1H3,(H,42,43,44);2H2,1H3/b5-3-,10-9-,13-2-,19-6-,27-11-;. The lowest BCUT2D eigenvalue weighted by molar-refractivity contribution is 0.921. The van der Waals surface area contributed by atoms with Crippen LogP contribution in [0.2, 0.25) is 0 Å². The van der Waals surface area contributed by atoms with Crippen molar-refractivity contribution >= 4 is 35.8 Å². The first-order valence-electron chi connectivity index (χ1n) is 16.0. The van der Waals surface area contributed by atoms with Crippen LogP contribution in [0.15, 0.2) is 115 Å². The van der Waals surface area contributed by atoms with Gasteiger partial charge in [-0.1, -0.05) is 127 Å². The number of hydrogen-bond acceptors (Lipinski definition) is 5. The van der Waals surface area contributed by atoms with Gasteiger partial charge in [-0.3, -0.25) is 0 Å². The summed E-state index contributed by atoms with van der Waals surface area (Å²) in [5, 5.41) is 6.03. The summed E-state index contributed by atoms with van der Waals surface area (Å²) in [6.07, 6.45) is 28.9. The van der Waals surface area contributed by atoms with E-state index in [1.807, 2.05) is 43.5 Å². The number of fused-ring (bicyclic) bond motifs is 2. The Balaban J connectivity index is 0.00000204. The average molecular weight is 606 g/mol. The number of anilines is 2. The topological polar surface area (TPSA) is 89.8 Å². The van der Waals surface area contributed by atoms with Gasteiger partial charge in [-0.25, -0.2) is 9.97 Å². The Morgan fingerprint density at radius 1 is 0.870 bits per heavy atom. The van der Waals surface area contributed by atoms with Gasteiger partial charge in [0.2, 0.25) is 0 Å². The normalized spacial score (nSPS) is 17.3. The maximum atomic E-state index is 6.44. The van der Waals surface area contributed by atoms with Gasteiger partial charge in [0.25, 0.3) is 0 Å². The Hall–Kier alpha value is -5.26. The number of rotatable bonds is 7. The molecule has 0 spiro atoms. The van der Waals surface area contributed by atoms with Gasteiger partial charge in [0.1, 0.15) is 5.82 Å². The van der Waals surface area contributed by atoms with Crippen LogP contribution in [-0.4, -0.2) is 17.0 Å². The fourth-order valence-corrected chi connectivity index (χ4v) is 5.73. The van der Waals surface area contributed by atoms with Crippen LogP contribution < -0.4 is 27.2 Å². The van der Waals surface area contributed by atoms with E-state index in [0.29, 0.717) is 18.2 Å². The highest BCUT2D eigenvalue weighted by molar-refractivity contribution is 5.71. The Kier molecular flexibility index (Phi) is 11.3. The molecule has 1 aliphatic heterocycles. The van der Waals surface area contributed by atoms with Crippen molar-refractivity contribution in [1.82, 2.24) is 9.97 Å². The predicted octanol–water partition coefficient (Wildman–Crippen LogP) is 7.32. The van der Waals surface area contributed by atoms with Gasteiger partial charge in [0, 0.05) is 35.4 Å². The average Bonchev–Trinajstić information content (AvgIpc) is 3.11. The Morgan fingerprint density at radius 3 is 2.50 bits per heavy atom. The number of nitrogens with two attached hydrogens (primary N) is 2. The second-order valence-electron chi connectivity index (χ2n) is 11.1. The number of aromatic nitrogens is 2. The molecule has 1 aliphatic carbocycles. The van der Waals surface area contributed by atoms with E-state index in [9.17, 15) is 0 Å². The molecular weight excluding hydrogens is 562 g/mol. The van der Waals surface area contributed by atoms with Crippen LogP contribution in [0, 0.1) is 0 Å². The molecule has 0 amide bonds. The van der Waals surface area contributed by atoms with Crippen LogP contribution in [0.25, 0.3) is 35.7 Å². The summed E-state index contributed by atoms with van der Waals surface area (Å²) in [7, 11) is 1.50. The molecule has 0 saturated heterocycles. The fourth-order valence-electron chi connectivity index (χ4n) is 5.73. The summed E-state index contributed by atoms with van der Waals surface area (Å²) in [5.41, 5.74) is 18.2. The molecule has 5 N–H and O–H groups in total. The van der Waals surface area contributed by atoms with E-state index in [1.165, 1.54) is 23.0 Å². The highest BCUT2D eigenvalue weighted by Gasteiger charge is 2.15. The van der Waals surface area contributed by atoms with Gasteiger partial charge in [-0.05, 0) is 66.4 Å². The van der Waals surface area contributed by atoms with Crippen molar-refractivity contribution in [3.63, 3.8) is 0 Å². The van der Waals surface area contributed by atoms with Crippen LogP contribution in [0.4, 0.5) is 11.5 Å². The molecular formula is C41H43N5. The number of benzene rings is 3. The molecule has 1 aromatic heterocycles. The zero-order chi connectivity index (χ0) is 32.1.